The van der Waals surface area contributed by atoms with E-state index in [0.29, 0.717) is 22.4 Å². The molecule has 0 fully saturated rings. The molecule has 1 heterocycles. The first-order valence-electron chi connectivity index (χ1n) is 12.5. The number of halogens is 4. The third kappa shape index (κ3) is 6.51. The number of carbonyl (C=O) groups is 1. The van der Waals surface area contributed by atoms with Crippen LogP contribution in [0.5, 0.6) is 5.75 Å². The number of hydrogen-bond acceptors (Lipinski definition) is 4. The van der Waals surface area contributed by atoms with Gasteiger partial charge in [-0.3, -0.25) is 4.79 Å². The summed E-state index contributed by atoms with van der Waals surface area (Å²) in [4.78, 5) is 12.8. The van der Waals surface area contributed by atoms with Gasteiger partial charge in [-0.1, -0.05) is 30.3 Å². The van der Waals surface area contributed by atoms with Gasteiger partial charge in [-0.25, -0.2) is 14.2 Å². The molecule has 0 bridgehead atoms. The molecule has 0 radical (unpaired) electrons. The monoisotopic (exact) mass is 555 g/mol. The van der Waals surface area contributed by atoms with Gasteiger partial charge in [0.15, 0.2) is 0 Å². The second-order valence-corrected chi connectivity index (χ2v) is 9.34. The van der Waals surface area contributed by atoms with E-state index in [1.165, 1.54) is 18.9 Å². The number of carbonyl (C=O) groups excluding carboxylic acids is 1. The van der Waals surface area contributed by atoms with Crippen molar-refractivity contribution in [2.24, 2.45) is 5.10 Å². The van der Waals surface area contributed by atoms with Crippen LogP contribution in [0, 0.1) is 13.8 Å². The zero-order valence-electron chi connectivity index (χ0n) is 22.3. The van der Waals surface area contributed by atoms with Crippen LogP contribution in [-0.4, -0.2) is 42.8 Å². The van der Waals surface area contributed by atoms with Crippen molar-refractivity contribution in [3.63, 3.8) is 0 Å². The third-order valence-corrected chi connectivity index (χ3v) is 6.64. The topological polar surface area (TPSA) is 64.8 Å². The van der Waals surface area contributed by atoms with Crippen molar-refractivity contribution in [3.05, 3.63) is 100 Å². The van der Waals surface area contributed by atoms with E-state index in [4.69, 9.17) is 9.47 Å². The Labute approximate surface area is 229 Å². The number of rotatable bonds is 11. The summed E-state index contributed by atoms with van der Waals surface area (Å²) in [6.07, 6.45) is -2.45. The molecule has 210 valence electrons. The van der Waals surface area contributed by atoms with Crippen LogP contribution in [0.15, 0.2) is 71.8 Å². The molecule has 0 saturated heterocycles. The van der Waals surface area contributed by atoms with E-state index in [2.05, 4.69) is 34.2 Å². The summed E-state index contributed by atoms with van der Waals surface area (Å²) in [6.45, 7) is 3.00. The Morgan fingerprint density at radius 2 is 1.82 bits per heavy atom. The van der Waals surface area contributed by atoms with Crippen LogP contribution in [-0.2, 0) is 17.9 Å². The van der Waals surface area contributed by atoms with Gasteiger partial charge in [0.25, 0.3) is 5.91 Å². The molecule has 1 aromatic heterocycles. The van der Waals surface area contributed by atoms with Crippen molar-refractivity contribution < 1.29 is 31.8 Å². The second kappa shape index (κ2) is 12.3. The summed E-state index contributed by atoms with van der Waals surface area (Å²) in [5, 5.41) is 4.98. The van der Waals surface area contributed by atoms with E-state index in [1.54, 1.807) is 24.3 Å². The summed E-state index contributed by atoms with van der Waals surface area (Å²) >= 11 is 0. The average Bonchev–Trinajstić information content (AvgIpc) is 3.17. The van der Waals surface area contributed by atoms with Crippen LogP contribution in [0.25, 0.3) is 10.9 Å². The summed E-state index contributed by atoms with van der Waals surface area (Å²) in [5.41, 5.74) is 8.22. The van der Waals surface area contributed by atoms with Crippen molar-refractivity contribution in [1.29, 1.82) is 0 Å². The molecular formula is C30H29F4N3O3. The number of fused-ring (bicyclic) bond motifs is 1. The van der Waals surface area contributed by atoms with Gasteiger partial charge in [0.2, 0.25) is 0 Å². The number of aryl methyl sites for hydroxylation is 1. The molecule has 1 N–H and O–H groups in total. The van der Waals surface area contributed by atoms with Crippen molar-refractivity contribution >= 4 is 23.0 Å². The lowest BCUT2D eigenvalue weighted by Gasteiger charge is -2.16. The van der Waals surface area contributed by atoms with Crippen LogP contribution in [0.3, 0.4) is 0 Å². The molecule has 1 amide bonds. The van der Waals surface area contributed by atoms with Gasteiger partial charge >= 0.3 is 12.3 Å². The number of hydrazone groups is 1. The van der Waals surface area contributed by atoms with Crippen molar-refractivity contribution in [3.8, 4) is 5.75 Å². The minimum absolute atomic E-state index is 0.333. The fraction of sp³-hybridized carbons (Fsp3) is 0.267. The Kier molecular flexibility index (Phi) is 8.89. The highest BCUT2D eigenvalue weighted by molar-refractivity contribution is 5.99. The first kappa shape index (κ1) is 28.8. The zero-order chi connectivity index (χ0) is 28.9. The van der Waals surface area contributed by atoms with Gasteiger partial charge in [0.1, 0.15) is 12.4 Å². The average molecular weight is 556 g/mol. The van der Waals surface area contributed by atoms with Gasteiger partial charge in [-0.15, -0.1) is 0 Å². The van der Waals surface area contributed by atoms with Crippen molar-refractivity contribution in [1.82, 2.24) is 9.99 Å². The van der Waals surface area contributed by atoms with Gasteiger partial charge < -0.3 is 14.0 Å². The Morgan fingerprint density at radius 3 is 2.52 bits per heavy atom. The molecule has 0 aliphatic carbocycles. The SMILES string of the molecule is COc1ccc(C=NNC(=O)c2ccc3c(c2)c(C)c(C)n3Cc2ccccc2)cc1COCC(F)(F)C(F)F. The van der Waals surface area contributed by atoms with E-state index >= 15 is 0 Å². The highest BCUT2D eigenvalue weighted by Crippen LogP contribution is 2.28. The predicted molar refractivity (Wildman–Crippen MR) is 146 cm³/mol. The fourth-order valence-corrected chi connectivity index (χ4v) is 4.34. The number of nitrogens with one attached hydrogen (secondary N) is 1. The van der Waals surface area contributed by atoms with Crippen molar-refractivity contribution in [2.45, 2.75) is 39.3 Å². The van der Waals surface area contributed by atoms with Crippen LogP contribution in [0.4, 0.5) is 17.6 Å². The molecule has 6 nitrogen and oxygen atoms in total. The second-order valence-electron chi connectivity index (χ2n) is 9.34. The summed E-state index contributed by atoms with van der Waals surface area (Å²) < 4.78 is 63.2. The molecule has 4 rings (SSSR count). The van der Waals surface area contributed by atoms with Crippen LogP contribution >= 0.6 is 0 Å². The highest BCUT2D eigenvalue weighted by atomic mass is 19.3. The van der Waals surface area contributed by atoms with E-state index < -0.39 is 24.9 Å². The largest absolute Gasteiger partial charge is 0.496 e. The molecule has 0 atom stereocenters. The number of methoxy groups -OCH3 is 1. The quantitative estimate of drug-likeness (QED) is 0.131. The number of aromatic nitrogens is 1. The standard InChI is InChI=1S/C30H29F4N3O3/c1-19-20(2)37(16-21-7-5-4-6-8-21)26-11-10-23(14-25(19)26)28(38)36-35-15-22-9-12-27(39-3)24(13-22)17-40-18-30(33,34)29(31)32/h4-15,29H,16-18H2,1-3H3,(H,36,38). The van der Waals surface area contributed by atoms with Crippen LogP contribution in [0.1, 0.15) is 38.3 Å². The maximum absolute atomic E-state index is 13.1. The molecule has 40 heavy (non-hydrogen) atoms. The first-order valence-corrected chi connectivity index (χ1v) is 12.5. The fourth-order valence-electron chi connectivity index (χ4n) is 4.34. The minimum Gasteiger partial charge on any atom is -0.496 e. The smallest absolute Gasteiger partial charge is 0.330 e. The molecule has 3 aromatic carbocycles. The molecule has 0 saturated carbocycles. The molecule has 0 aliphatic rings. The number of ether oxygens (including phenoxy) is 2. The number of benzene rings is 3. The maximum atomic E-state index is 13.1. The van der Waals surface area contributed by atoms with E-state index in [0.717, 1.165) is 28.7 Å². The Balaban J connectivity index is 1.45. The summed E-state index contributed by atoms with van der Waals surface area (Å²) in [5.74, 6) is -4.32. The number of alkyl halides is 4. The number of nitrogens with zero attached hydrogens (tertiary/aromatic N) is 2. The van der Waals surface area contributed by atoms with Gasteiger partial charge in [-0.2, -0.15) is 13.9 Å². The Hall–Kier alpha value is -4.18. The summed E-state index contributed by atoms with van der Waals surface area (Å²) in [7, 11) is 1.39. The lowest BCUT2D eigenvalue weighted by molar-refractivity contribution is -0.168. The maximum Gasteiger partial charge on any atom is 0.330 e. The first-order chi connectivity index (χ1) is 19.1. The Bertz CT molecular complexity index is 1520. The highest BCUT2D eigenvalue weighted by Gasteiger charge is 2.41. The lowest BCUT2D eigenvalue weighted by atomic mass is 10.1. The van der Waals surface area contributed by atoms with Gasteiger partial charge in [-0.05, 0) is 66.9 Å². The molecule has 0 unspecified atom stereocenters. The molecular weight excluding hydrogens is 526 g/mol. The summed E-state index contributed by atoms with van der Waals surface area (Å²) in [6, 6.07) is 20.4. The number of hydrogen-bond donors (Lipinski definition) is 1. The number of amides is 1. The van der Waals surface area contributed by atoms with Crippen LogP contribution in [0.2, 0.25) is 0 Å². The molecule has 0 aliphatic heterocycles. The van der Waals surface area contributed by atoms with E-state index in [1.807, 2.05) is 37.3 Å². The van der Waals surface area contributed by atoms with E-state index in [9.17, 15) is 22.4 Å². The van der Waals surface area contributed by atoms with Gasteiger partial charge in [0, 0.05) is 34.3 Å². The van der Waals surface area contributed by atoms with Crippen molar-refractivity contribution in [2.75, 3.05) is 13.7 Å². The minimum atomic E-state index is -4.25. The molecule has 0 spiro atoms. The third-order valence-electron chi connectivity index (χ3n) is 6.64. The van der Waals surface area contributed by atoms with E-state index in [-0.39, 0.29) is 6.61 Å². The van der Waals surface area contributed by atoms with Crippen LogP contribution < -0.4 is 10.2 Å². The molecule has 10 heteroatoms. The predicted octanol–water partition coefficient (Wildman–Crippen LogP) is 6.50. The van der Waals surface area contributed by atoms with Gasteiger partial charge in [0.05, 0.1) is 19.9 Å². The Morgan fingerprint density at radius 1 is 1.07 bits per heavy atom. The molecule has 4 aromatic rings. The normalized spacial score (nSPS) is 12.0. The lowest BCUT2D eigenvalue weighted by Crippen LogP contribution is -2.32. The zero-order valence-corrected chi connectivity index (χ0v) is 22.3.